The molecule has 1 saturated heterocycles. The summed E-state index contributed by atoms with van der Waals surface area (Å²) >= 11 is 5.77. The van der Waals surface area contributed by atoms with Crippen LogP contribution >= 0.6 is 11.6 Å². The summed E-state index contributed by atoms with van der Waals surface area (Å²) in [6.07, 6.45) is -3.34. The van der Waals surface area contributed by atoms with Crippen LogP contribution in [0.25, 0.3) is 0 Å². The zero-order chi connectivity index (χ0) is 13.1. The Hall–Kier alpha value is -1.20. The van der Waals surface area contributed by atoms with Gasteiger partial charge in [-0.1, -0.05) is 23.7 Å². The number of carbonyl (C=O) groups is 1. The van der Waals surface area contributed by atoms with Crippen molar-refractivity contribution in [3.05, 3.63) is 34.9 Å². The second-order valence-corrected chi connectivity index (χ2v) is 4.43. The number of halogens is 3. The molecule has 1 aromatic rings. The molecule has 1 aliphatic heterocycles. The molecule has 18 heavy (non-hydrogen) atoms. The van der Waals surface area contributed by atoms with E-state index in [-0.39, 0.29) is 25.8 Å². The summed E-state index contributed by atoms with van der Waals surface area (Å²) in [4.78, 5) is 12.4. The summed E-state index contributed by atoms with van der Waals surface area (Å²) in [7, 11) is 0. The number of morpholine rings is 1. The number of rotatable bonds is 2. The standard InChI is InChI=1S/C12H12ClF2NO2/c13-9-3-1-8(2-4-9)10-7-16(5-6-18-10)12(17)11(14)15/h1-4,10-11H,5-7H2. The predicted molar refractivity (Wildman–Crippen MR) is 62.7 cm³/mol. The first kappa shape index (κ1) is 13.2. The predicted octanol–water partition coefficient (Wildman–Crippen LogP) is 2.51. The van der Waals surface area contributed by atoms with E-state index in [0.717, 1.165) is 10.5 Å². The van der Waals surface area contributed by atoms with E-state index in [1.54, 1.807) is 24.3 Å². The van der Waals surface area contributed by atoms with Gasteiger partial charge in [0.25, 0.3) is 5.91 Å². The molecule has 1 aliphatic rings. The third-order valence-electron chi connectivity index (χ3n) is 2.81. The van der Waals surface area contributed by atoms with Crippen molar-refractivity contribution >= 4 is 17.5 Å². The van der Waals surface area contributed by atoms with Gasteiger partial charge in [0.15, 0.2) is 0 Å². The van der Waals surface area contributed by atoms with Crippen LogP contribution in [-0.2, 0) is 9.53 Å². The smallest absolute Gasteiger partial charge is 0.315 e. The molecule has 98 valence electrons. The van der Waals surface area contributed by atoms with Crippen LogP contribution in [0.2, 0.25) is 5.02 Å². The lowest BCUT2D eigenvalue weighted by atomic mass is 10.1. The summed E-state index contributed by atoms with van der Waals surface area (Å²) in [6, 6.07) is 6.94. The fraction of sp³-hybridized carbons (Fsp3) is 0.417. The number of carbonyl (C=O) groups excluding carboxylic acids is 1. The van der Waals surface area contributed by atoms with Crippen LogP contribution in [0.1, 0.15) is 11.7 Å². The highest BCUT2D eigenvalue weighted by Gasteiger charge is 2.29. The molecule has 0 aliphatic carbocycles. The number of alkyl halides is 2. The highest BCUT2D eigenvalue weighted by molar-refractivity contribution is 6.30. The van der Waals surface area contributed by atoms with E-state index in [1.807, 2.05) is 0 Å². The minimum atomic E-state index is -2.96. The van der Waals surface area contributed by atoms with Crippen LogP contribution < -0.4 is 0 Å². The monoisotopic (exact) mass is 275 g/mol. The number of ether oxygens (including phenoxy) is 1. The van der Waals surface area contributed by atoms with Crippen LogP contribution in [0.3, 0.4) is 0 Å². The lowest BCUT2D eigenvalue weighted by Gasteiger charge is -2.33. The van der Waals surface area contributed by atoms with Crippen molar-refractivity contribution in [2.24, 2.45) is 0 Å². The number of nitrogens with zero attached hydrogens (tertiary/aromatic N) is 1. The summed E-state index contributed by atoms with van der Waals surface area (Å²) in [6.45, 7) is 0.601. The number of hydrogen-bond donors (Lipinski definition) is 0. The van der Waals surface area contributed by atoms with Crippen LogP contribution in [0.5, 0.6) is 0 Å². The molecule has 0 bridgehead atoms. The van der Waals surface area contributed by atoms with Gasteiger partial charge < -0.3 is 9.64 Å². The zero-order valence-electron chi connectivity index (χ0n) is 9.48. The van der Waals surface area contributed by atoms with Crippen molar-refractivity contribution in [1.29, 1.82) is 0 Å². The third kappa shape index (κ3) is 2.97. The Kier molecular flexibility index (Phi) is 4.14. The molecule has 1 fully saturated rings. The molecule has 6 heteroatoms. The molecule has 1 atom stereocenters. The first-order chi connectivity index (χ1) is 8.58. The van der Waals surface area contributed by atoms with Gasteiger partial charge in [0, 0.05) is 11.6 Å². The molecule has 0 saturated carbocycles. The molecule has 1 aromatic carbocycles. The molecular weight excluding hydrogens is 264 g/mol. The van der Waals surface area contributed by atoms with E-state index in [4.69, 9.17) is 16.3 Å². The third-order valence-corrected chi connectivity index (χ3v) is 3.06. The molecule has 2 rings (SSSR count). The Morgan fingerprint density at radius 3 is 2.67 bits per heavy atom. The normalized spacial score (nSPS) is 20.2. The van der Waals surface area contributed by atoms with Crippen LogP contribution in [0, 0.1) is 0 Å². The van der Waals surface area contributed by atoms with Crippen molar-refractivity contribution < 1.29 is 18.3 Å². The van der Waals surface area contributed by atoms with E-state index in [2.05, 4.69) is 0 Å². The van der Waals surface area contributed by atoms with Gasteiger partial charge in [-0.2, -0.15) is 8.78 Å². The Morgan fingerprint density at radius 2 is 2.06 bits per heavy atom. The summed E-state index contributed by atoms with van der Waals surface area (Å²) in [5, 5.41) is 0.593. The summed E-state index contributed by atoms with van der Waals surface area (Å²) < 4.78 is 30.2. The molecule has 0 aromatic heterocycles. The fourth-order valence-corrected chi connectivity index (χ4v) is 1.99. The average molecular weight is 276 g/mol. The SMILES string of the molecule is O=C(C(F)F)N1CCOC(c2ccc(Cl)cc2)C1. The van der Waals surface area contributed by atoms with Gasteiger partial charge in [0.05, 0.1) is 13.2 Å². The van der Waals surface area contributed by atoms with Crippen molar-refractivity contribution in [2.45, 2.75) is 12.5 Å². The maximum absolute atomic E-state index is 12.3. The highest BCUT2D eigenvalue weighted by Crippen LogP contribution is 2.24. The lowest BCUT2D eigenvalue weighted by molar-refractivity contribution is -0.150. The second-order valence-electron chi connectivity index (χ2n) is 4.00. The largest absolute Gasteiger partial charge is 0.370 e. The van der Waals surface area contributed by atoms with Crippen molar-refractivity contribution in [1.82, 2.24) is 4.90 Å². The van der Waals surface area contributed by atoms with Gasteiger partial charge in [0.2, 0.25) is 0 Å². The van der Waals surface area contributed by atoms with Crippen molar-refractivity contribution in [3.63, 3.8) is 0 Å². The molecule has 1 amide bonds. The Labute approximate surface area is 108 Å². The summed E-state index contributed by atoms with van der Waals surface area (Å²) in [5.74, 6) is -1.14. The van der Waals surface area contributed by atoms with Crippen LogP contribution in [-0.4, -0.2) is 36.9 Å². The second kappa shape index (κ2) is 5.63. The first-order valence-corrected chi connectivity index (χ1v) is 5.89. The minimum Gasteiger partial charge on any atom is -0.370 e. The molecule has 1 heterocycles. The average Bonchev–Trinajstić information content (AvgIpc) is 2.38. The maximum atomic E-state index is 12.3. The van der Waals surface area contributed by atoms with E-state index < -0.39 is 12.3 Å². The van der Waals surface area contributed by atoms with Crippen LogP contribution in [0.4, 0.5) is 8.78 Å². The van der Waals surface area contributed by atoms with Gasteiger partial charge in [-0.3, -0.25) is 4.79 Å². The Balaban J connectivity index is 2.07. The van der Waals surface area contributed by atoms with E-state index in [1.165, 1.54) is 0 Å². The number of benzene rings is 1. The van der Waals surface area contributed by atoms with Gasteiger partial charge >= 0.3 is 6.43 Å². The molecule has 3 nitrogen and oxygen atoms in total. The Bertz CT molecular complexity index is 425. The van der Waals surface area contributed by atoms with E-state index >= 15 is 0 Å². The first-order valence-electron chi connectivity index (χ1n) is 5.52. The molecule has 0 radical (unpaired) electrons. The minimum absolute atomic E-state index is 0.144. The summed E-state index contributed by atoms with van der Waals surface area (Å²) in [5.41, 5.74) is 0.825. The van der Waals surface area contributed by atoms with E-state index in [0.29, 0.717) is 5.02 Å². The maximum Gasteiger partial charge on any atom is 0.315 e. The zero-order valence-corrected chi connectivity index (χ0v) is 10.2. The lowest BCUT2D eigenvalue weighted by Crippen LogP contribution is -2.44. The fourth-order valence-electron chi connectivity index (χ4n) is 1.87. The van der Waals surface area contributed by atoms with E-state index in [9.17, 15) is 13.6 Å². The highest BCUT2D eigenvalue weighted by atomic mass is 35.5. The number of hydrogen-bond acceptors (Lipinski definition) is 2. The van der Waals surface area contributed by atoms with Crippen molar-refractivity contribution in [3.8, 4) is 0 Å². The van der Waals surface area contributed by atoms with Gasteiger partial charge in [-0.05, 0) is 17.7 Å². The topological polar surface area (TPSA) is 29.5 Å². The van der Waals surface area contributed by atoms with Gasteiger partial charge in [-0.25, -0.2) is 0 Å². The Morgan fingerprint density at radius 1 is 1.39 bits per heavy atom. The van der Waals surface area contributed by atoms with Gasteiger partial charge in [0.1, 0.15) is 6.10 Å². The molecular formula is C12H12ClF2NO2. The molecule has 0 spiro atoms. The van der Waals surface area contributed by atoms with Crippen LogP contribution in [0.15, 0.2) is 24.3 Å². The molecule has 1 unspecified atom stereocenters. The molecule has 0 N–H and O–H groups in total. The quantitative estimate of drug-likeness (QED) is 0.830. The van der Waals surface area contributed by atoms with Gasteiger partial charge in [-0.15, -0.1) is 0 Å². The van der Waals surface area contributed by atoms with Crippen molar-refractivity contribution in [2.75, 3.05) is 19.7 Å². The number of amides is 1.